The van der Waals surface area contributed by atoms with Crippen LogP contribution in [0.15, 0.2) is 6.07 Å². The second-order valence-electron chi connectivity index (χ2n) is 9.22. The van der Waals surface area contributed by atoms with Crippen molar-refractivity contribution in [2.75, 3.05) is 11.9 Å². The summed E-state index contributed by atoms with van der Waals surface area (Å²) in [5.41, 5.74) is 6.66. The number of nitrogens with one attached hydrogen (secondary N) is 1. The first-order chi connectivity index (χ1) is 17.2. The van der Waals surface area contributed by atoms with Gasteiger partial charge in [0.2, 0.25) is 0 Å². The highest BCUT2D eigenvalue weighted by Crippen LogP contribution is 2.39. The van der Waals surface area contributed by atoms with E-state index in [1.54, 1.807) is 17.7 Å². The molecule has 0 fully saturated rings. The highest BCUT2D eigenvalue weighted by atomic mass is 32.1. The smallest absolute Gasteiger partial charge is 0.341 e. The van der Waals surface area contributed by atoms with Crippen LogP contribution in [0.4, 0.5) is 5.00 Å². The first-order valence-corrected chi connectivity index (χ1v) is 13.0. The molecular formula is C26H30N6O3S. The first-order valence-electron chi connectivity index (χ1n) is 12.2. The van der Waals surface area contributed by atoms with Crippen LogP contribution < -0.4 is 5.32 Å². The summed E-state index contributed by atoms with van der Waals surface area (Å²) >= 11 is 1.48. The third-order valence-corrected chi connectivity index (χ3v) is 8.06. The van der Waals surface area contributed by atoms with E-state index >= 15 is 0 Å². The summed E-state index contributed by atoms with van der Waals surface area (Å²) in [6, 6.07) is 1.81. The lowest BCUT2D eigenvalue weighted by Gasteiger charge is -2.12. The Morgan fingerprint density at radius 2 is 1.81 bits per heavy atom. The number of fused-ring (bicyclic) bond motifs is 2. The van der Waals surface area contributed by atoms with Gasteiger partial charge in [-0.25, -0.2) is 9.78 Å². The Labute approximate surface area is 213 Å². The van der Waals surface area contributed by atoms with Crippen molar-refractivity contribution < 1.29 is 14.3 Å². The lowest BCUT2D eigenvalue weighted by atomic mass is 9.95. The van der Waals surface area contributed by atoms with Crippen molar-refractivity contribution in [3.8, 4) is 11.3 Å². The number of esters is 1. The van der Waals surface area contributed by atoms with E-state index in [0.717, 1.165) is 53.1 Å². The summed E-state index contributed by atoms with van der Waals surface area (Å²) in [5.74, 6) is -0.685. The van der Waals surface area contributed by atoms with E-state index in [0.29, 0.717) is 38.5 Å². The molecule has 9 nitrogen and oxygen atoms in total. The standard InChI is InChI=1S/C26H30N6O3S/c1-7-35-26(34)22-16-10-8-9-11-19(16)36-25(22)28-24(33)17-12-18(20-13(2)29-31(5)15(20)4)27-23-21(17)14(3)30-32(23)6/h12H,7-11H2,1-6H3,(H,28,33). The number of hydrogen-bond donors (Lipinski definition) is 1. The summed E-state index contributed by atoms with van der Waals surface area (Å²) in [4.78, 5) is 32.8. The van der Waals surface area contributed by atoms with Crippen LogP contribution in [-0.4, -0.2) is 43.0 Å². The van der Waals surface area contributed by atoms with Crippen molar-refractivity contribution in [3.05, 3.63) is 44.7 Å². The van der Waals surface area contributed by atoms with E-state index in [1.165, 1.54) is 11.3 Å². The molecule has 0 saturated heterocycles. The quantitative estimate of drug-likeness (QED) is 0.395. The molecule has 4 aromatic rings. The molecule has 4 heterocycles. The molecule has 0 radical (unpaired) electrons. The van der Waals surface area contributed by atoms with Crippen molar-refractivity contribution in [2.45, 2.75) is 53.4 Å². The van der Waals surface area contributed by atoms with Crippen molar-refractivity contribution in [1.82, 2.24) is 24.5 Å². The molecule has 0 bridgehead atoms. The summed E-state index contributed by atoms with van der Waals surface area (Å²) in [7, 11) is 3.71. The third kappa shape index (κ3) is 3.89. The van der Waals surface area contributed by atoms with Crippen LogP contribution in [-0.2, 0) is 31.7 Å². The molecule has 1 aliphatic rings. The van der Waals surface area contributed by atoms with Crippen LogP contribution in [0.25, 0.3) is 22.3 Å². The maximum atomic E-state index is 13.9. The molecule has 0 atom stereocenters. The fourth-order valence-electron chi connectivity index (χ4n) is 5.14. The molecule has 5 rings (SSSR count). The number of ether oxygens (including phenoxy) is 1. The molecule has 188 valence electrons. The molecular weight excluding hydrogens is 476 g/mol. The van der Waals surface area contributed by atoms with E-state index in [9.17, 15) is 9.59 Å². The topological polar surface area (TPSA) is 104 Å². The fourth-order valence-corrected chi connectivity index (χ4v) is 6.41. The molecule has 1 amide bonds. The summed E-state index contributed by atoms with van der Waals surface area (Å²) in [6.45, 7) is 7.86. The summed E-state index contributed by atoms with van der Waals surface area (Å²) in [5, 5.41) is 13.4. The number of hydrogen-bond acceptors (Lipinski definition) is 7. The summed E-state index contributed by atoms with van der Waals surface area (Å²) < 4.78 is 8.87. The highest BCUT2D eigenvalue weighted by Gasteiger charge is 2.29. The Balaban J connectivity index is 1.64. The fraction of sp³-hybridized carbons (Fsp3) is 0.423. The van der Waals surface area contributed by atoms with Crippen molar-refractivity contribution in [3.63, 3.8) is 0 Å². The molecule has 0 unspecified atom stereocenters. The SMILES string of the molecule is CCOC(=O)c1c(NC(=O)c2cc(-c3c(C)nn(C)c3C)nc3c2c(C)nn3C)sc2c1CCCC2. The number of aromatic nitrogens is 5. The lowest BCUT2D eigenvalue weighted by Crippen LogP contribution is -2.16. The highest BCUT2D eigenvalue weighted by molar-refractivity contribution is 7.17. The van der Waals surface area contributed by atoms with Crippen LogP contribution in [0.5, 0.6) is 0 Å². The second-order valence-corrected chi connectivity index (χ2v) is 10.3. The molecule has 0 saturated carbocycles. The molecule has 10 heteroatoms. The third-order valence-electron chi connectivity index (χ3n) is 6.86. The second kappa shape index (κ2) is 9.16. The van der Waals surface area contributed by atoms with Gasteiger partial charge in [0.25, 0.3) is 5.91 Å². The first kappa shape index (κ1) is 24.2. The average molecular weight is 507 g/mol. The zero-order valence-corrected chi connectivity index (χ0v) is 22.3. The molecule has 1 aliphatic carbocycles. The van der Waals surface area contributed by atoms with Gasteiger partial charge in [-0.15, -0.1) is 11.3 Å². The number of amides is 1. The van der Waals surface area contributed by atoms with E-state index in [2.05, 4.69) is 15.5 Å². The zero-order valence-electron chi connectivity index (χ0n) is 21.5. The van der Waals surface area contributed by atoms with E-state index in [-0.39, 0.29) is 18.5 Å². The zero-order chi connectivity index (χ0) is 25.7. The van der Waals surface area contributed by atoms with E-state index in [4.69, 9.17) is 9.72 Å². The van der Waals surface area contributed by atoms with Crippen molar-refractivity contribution in [2.24, 2.45) is 14.1 Å². The van der Waals surface area contributed by atoms with Crippen molar-refractivity contribution >= 4 is 39.2 Å². The number of nitrogens with zero attached hydrogens (tertiary/aromatic N) is 5. The van der Waals surface area contributed by atoms with Gasteiger partial charge in [0.1, 0.15) is 5.00 Å². The van der Waals surface area contributed by atoms with Gasteiger partial charge in [0.05, 0.1) is 40.2 Å². The number of aryl methyl sites for hydroxylation is 5. The lowest BCUT2D eigenvalue weighted by molar-refractivity contribution is 0.0526. The van der Waals surface area contributed by atoms with Gasteiger partial charge >= 0.3 is 5.97 Å². The number of carbonyl (C=O) groups is 2. The largest absolute Gasteiger partial charge is 0.462 e. The van der Waals surface area contributed by atoms with Gasteiger partial charge in [-0.05, 0) is 65.0 Å². The number of anilines is 1. The normalized spacial score (nSPS) is 13.2. The Kier molecular flexibility index (Phi) is 6.15. The van der Waals surface area contributed by atoms with Crippen LogP contribution in [0.2, 0.25) is 0 Å². The molecule has 0 aromatic carbocycles. The predicted octanol–water partition coefficient (Wildman–Crippen LogP) is 4.66. The van der Waals surface area contributed by atoms with Gasteiger partial charge in [-0.1, -0.05) is 0 Å². The van der Waals surface area contributed by atoms with E-state index in [1.807, 2.05) is 39.5 Å². The van der Waals surface area contributed by atoms with Gasteiger partial charge in [-0.3, -0.25) is 14.2 Å². The number of thiophene rings is 1. The molecule has 1 N–H and O–H groups in total. The van der Waals surface area contributed by atoms with Gasteiger partial charge in [0, 0.05) is 30.2 Å². The van der Waals surface area contributed by atoms with Gasteiger partial charge < -0.3 is 10.1 Å². The van der Waals surface area contributed by atoms with Crippen LogP contribution in [0.1, 0.15) is 68.0 Å². The van der Waals surface area contributed by atoms with Crippen LogP contribution in [0.3, 0.4) is 0 Å². The molecule has 0 spiro atoms. The number of rotatable bonds is 5. The Hall–Kier alpha value is -3.53. The molecule has 0 aliphatic heterocycles. The van der Waals surface area contributed by atoms with Gasteiger partial charge in [0.15, 0.2) is 5.65 Å². The van der Waals surface area contributed by atoms with E-state index < -0.39 is 0 Å². The number of pyridine rings is 1. The molecule has 36 heavy (non-hydrogen) atoms. The number of carbonyl (C=O) groups excluding carboxylic acids is 2. The minimum atomic E-state index is -0.382. The van der Waals surface area contributed by atoms with Crippen LogP contribution >= 0.6 is 11.3 Å². The van der Waals surface area contributed by atoms with Crippen molar-refractivity contribution in [1.29, 1.82) is 0 Å². The minimum absolute atomic E-state index is 0.282. The maximum Gasteiger partial charge on any atom is 0.341 e. The Morgan fingerprint density at radius 3 is 2.50 bits per heavy atom. The maximum absolute atomic E-state index is 13.9. The Bertz CT molecular complexity index is 1530. The summed E-state index contributed by atoms with van der Waals surface area (Å²) in [6.07, 6.45) is 3.83. The Morgan fingerprint density at radius 1 is 1.08 bits per heavy atom. The van der Waals surface area contributed by atoms with Gasteiger partial charge in [-0.2, -0.15) is 10.2 Å². The minimum Gasteiger partial charge on any atom is -0.462 e. The monoisotopic (exact) mass is 506 g/mol. The average Bonchev–Trinajstić information content (AvgIpc) is 3.43. The molecule has 4 aromatic heterocycles. The van der Waals surface area contributed by atoms with Crippen LogP contribution in [0, 0.1) is 20.8 Å². The predicted molar refractivity (Wildman–Crippen MR) is 140 cm³/mol.